The Morgan fingerprint density at radius 2 is 1.74 bits per heavy atom. The second-order valence-corrected chi connectivity index (χ2v) is 8.35. The summed E-state index contributed by atoms with van der Waals surface area (Å²) in [5.74, 6) is 0.174. The molecule has 0 N–H and O–H groups in total. The van der Waals surface area contributed by atoms with Crippen LogP contribution in [-0.4, -0.2) is 13.9 Å². The molecular weight excluding hydrogens is 449 g/mol. The van der Waals surface area contributed by atoms with E-state index < -0.39 is 21.4 Å². The normalized spacial score (nSPS) is 13.6. The van der Waals surface area contributed by atoms with Gasteiger partial charge in [0.1, 0.15) is 18.1 Å². The van der Waals surface area contributed by atoms with Crippen LogP contribution in [0.1, 0.15) is 5.56 Å². The van der Waals surface area contributed by atoms with Crippen molar-refractivity contribution in [3.63, 3.8) is 0 Å². The second kappa shape index (κ2) is 6.13. The molecular formula is C18H10BrF3O4S. The predicted molar refractivity (Wildman–Crippen MR) is 97.0 cm³/mol. The van der Waals surface area contributed by atoms with E-state index in [0.29, 0.717) is 23.1 Å². The van der Waals surface area contributed by atoms with Crippen molar-refractivity contribution in [3.8, 4) is 22.6 Å². The topological polar surface area (TPSA) is 52.6 Å². The number of fused-ring (bicyclic) bond motifs is 5. The lowest BCUT2D eigenvalue weighted by atomic mass is 9.94. The highest BCUT2D eigenvalue weighted by molar-refractivity contribution is 9.10. The molecule has 9 heteroatoms. The van der Waals surface area contributed by atoms with E-state index in [-0.39, 0.29) is 0 Å². The van der Waals surface area contributed by atoms with Gasteiger partial charge in [-0.2, -0.15) is 21.6 Å². The van der Waals surface area contributed by atoms with Crippen molar-refractivity contribution in [2.75, 3.05) is 0 Å². The van der Waals surface area contributed by atoms with Crippen molar-refractivity contribution >= 4 is 36.8 Å². The number of halogens is 4. The zero-order valence-corrected chi connectivity index (χ0v) is 15.8. The minimum Gasteiger partial charge on any atom is -0.488 e. The number of rotatable bonds is 2. The van der Waals surface area contributed by atoms with Gasteiger partial charge in [-0.1, -0.05) is 28.1 Å². The first kappa shape index (κ1) is 18.1. The zero-order valence-electron chi connectivity index (χ0n) is 13.4. The van der Waals surface area contributed by atoms with Crippen LogP contribution in [0, 0.1) is 0 Å². The first-order valence-electron chi connectivity index (χ1n) is 7.65. The smallest absolute Gasteiger partial charge is 0.488 e. The number of benzene rings is 3. The van der Waals surface area contributed by atoms with Crippen LogP contribution >= 0.6 is 15.9 Å². The standard InChI is InChI=1S/C18H10BrF3O4S/c19-12-2-5-14-11(7-12)9-25-17-15-6-3-13(8-10(15)1-4-16(14)17)26-27(23,24)18(20,21)22/h1-8H,9H2. The second-order valence-electron chi connectivity index (χ2n) is 5.90. The van der Waals surface area contributed by atoms with Crippen LogP contribution in [0.25, 0.3) is 21.9 Å². The molecule has 0 aromatic heterocycles. The van der Waals surface area contributed by atoms with Crippen molar-refractivity contribution in [2.24, 2.45) is 0 Å². The summed E-state index contributed by atoms with van der Waals surface area (Å²) >= 11 is 3.42. The Hall–Kier alpha value is -2.26. The van der Waals surface area contributed by atoms with Gasteiger partial charge in [-0.25, -0.2) is 0 Å². The van der Waals surface area contributed by atoms with Crippen LogP contribution in [0.5, 0.6) is 11.5 Å². The molecule has 0 spiro atoms. The van der Waals surface area contributed by atoms with Crippen LogP contribution in [-0.2, 0) is 16.7 Å². The van der Waals surface area contributed by atoms with Gasteiger partial charge in [-0.15, -0.1) is 0 Å². The van der Waals surface area contributed by atoms with E-state index in [1.54, 1.807) is 12.1 Å². The van der Waals surface area contributed by atoms with Crippen molar-refractivity contribution in [1.82, 2.24) is 0 Å². The lowest BCUT2D eigenvalue weighted by Gasteiger charge is -2.22. The fraction of sp³-hybridized carbons (Fsp3) is 0.111. The van der Waals surface area contributed by atoms with Crippen LogP contribution in [0.3, 0.4) is 0 Å². The van der Waals surface area contributed by atoms with Gasteiger partial charge in [0, 0.05) is 15.4 Å². The number of ether oxygens (including phenoxy) is 1. The molecule has 1 heterocycles. The molecule has 0 aliphatic carbocycles. The van der Waals surface area contributed by atoms with Crippen LogP contribution < -0.4 is 8.92 Å². The molecule has 0 unspecified atom stereocenters. The van der Waals surface area contributed by atoms with Gasteiger partial charge in [-0.05, 0) is 52.9 Å². The molecule has 0 amide bonds. The SMILES string of the molecule is O=S(=O)(Oc1ccc2c3c(ccc2c1)-c1ccc(Br)cc1CO3)C(F)(F)F. The minimum absolute atomic E-state index is 0.349. The molecule has 140 valence electrons. The maximum Gasteiger partial charge on any atom is 0.534 e. The van der Waals surface area contributed by atoms with E-state index in [0.717, 1.165) is 21.2 Å². The summed E-state index contributed by atoms with van der Waals surface area (Å²) < 4.78 is 70.8. The Morgan fingerprint density at radius 3 is 2.48 bits per heavy atom. The third-order valence-electron chi connectivity index (χ3n) is 4.16. The summed E-state index contributed by atoms with van der Waals surface area (Å²) in [7, 11) is -5.72. The summed E-state index contributed by atoms with van der Waals surface area (Å²) in [6.45, 7) is 0.349. The molecule has 1 aliphatic rings. The highest BCUT2D eigenvalue weighted by Crippen LogP contribution is 2.43. The Kier molecular flexibility index (Phi) is 4.12. The molecule has 0 saturated heterocycles. The predicted octanol–water partition coefficient (Wildman–Crippen LogP) is 5.39. The maximum atomic E-state index is 12.5. The van der Waals surface area contributed by atoms with E-state index in [9.17, 15) is 21.6 Å². The first-order valence-corrected chi connectivity index (χ1v) is 9.85. The highest BCUT2D eigenvalue weighted by atomic mass is 79.9. The summed E-state index contributed by atoms with van der Waals surface area (Å²) in [5.41, 5.74) is -2.62. The quantitative estimate of drug-likeness (QED) is 0.381. The van der Waals surface area contributed by atoms with E-state index in [1.165, 1.54) is 18.2 Å². The van der Waals surface area contributed by atoms with E-state index >= 15 is 0 Å². The Balaban J connectivity index is 1.79. The van der Waals surface area contributed by atoms with Gasteiger partial charge in [-0.3, -0.25) is 0 Å². The molecule has 4 rings (SSSR count). The molecule has 0 atom stereocenters. The fourth-order valence-electron chi connectivity index (χ4n) is 2.97. The average Bonchev–Trinajstić information content (AvgIpc) is 2.59. The molecule has 1 aliphatic heterocycles. The maximum absolute atomic E-state index is 12.5. The summed E-state index contributed by atoms with van der Waals surface area (Å²) in [5, 5.41) is 1.15. The minimum atomic E-state index is -5.72. The average molecular weight is 459 g/mol. The molecule has 27 heavy (non-hydrogen) atoms. The van der Waals surface area contributed by atoms with Crippen LogP contribution in [0.4, 0.5) is 13.2 Å². The molecule has 4 nitrogen and oxygen atoms in total. The van der Waals surface area contributed by atoms with Crippen LogP contribution in [0.15, 0.2) is 53.0 Å². The summed E-state index contributed by atoms with van der Waals surface area (Å²) in [6, 6.07) is 13.2. The third-order valence-corrected chi connectivity index (χ3v) is 5.63. The highest BCUT2D eigenvalue weighted by Gasteiger charge is 2.48. The monoisotopic (exact) mass is 458 g/mol. The summed E-state index contributed by atoms with van der Waals surface area (Å²) in [4.78, 5) is 0. The van der Waals surface area contributed by atoms with Gasteiger partial charge < -0.3 is 8.92 Å². The first-order chi connectivity index (χ1) is 12.7. The lowest BCUT2D eigenvalue weighted by molar-refractivity contribution is -0.0500. The third kappa shape index (κ3) is 3.14. The summed E-state index contributed by atoms with van der Waals surface area (Å²) in [6.07, 6.45) is 0. The Bertz CT molecular complexity index is 1170. The molecule has 0 saturated carbocycles. The van der Waals surface area contributed by atoms with E-state index in [1.807, 2.05) is 18.2 Å². The largest absolute Gasteiger partial charge is 0.534 e. The van der Waals surface area contributed by atoms with Crippen molar-refractivity contribution in [1.29, 1.82) is 0 Å². The zero-order chi connectivity index (χ0) is 19.4. The fourth-order valence-corrected chi connectivity index (χ4v) is 3.83. The van der Waals surface area contributed by atoms with Crippen molar-refractivity contribution in [2.45, 2.75) is 12.1 Å². The van der Waals surface area contributed by atoms with Gasteiger partial charge in [0.25, 0.3) is 0 Å². The van der Waals surface area contributed by atoms with Gasteiger partial charge in [0.05, 0.1) is 0 Å². The number of hydrogen-bond donors (Lipinski definition) is 0. The van der Waals surface area contributed by atoms with Crippen molar-refractivity contribution in [3.05, 3.63) is 58.6 Å². The van der Waals surface area contributed by atoms with Gasteiger partial charge in [0.2, 0.25) is 0 Å². The molecule has 3 aromatic carbocycles. The molecule has 0 radical (unpaired) electrons. The molecule has 0 fully saturated rings. The van der Waals surface area contributed by atoms with Gasteiger partial charge in [0.15, 0.2) is 0 Å². The number of hydrogen-bond acceptors (Lipinski definition) is 4. The van der Waals surface area contributed by atoms with E-state index in [2.05, 4.69) is 20.1 Å². The lowest BCUT2D eigenvalue weighted by Crippen LogP contribution is -2.28. The Morgan fingerprint density at radius 1 is 1.00 bits per heavy atom. The molecule has 3 aromatic rings. The number of alkyl halides is 3. The van der Waals surface area contributed by atoms with Crippen molar-refractivity contribution < 1.29 is 30.5 Å². The van der Waals surface area contributed by atoms with E-state index in [4.69, 9.17) is 4.74 Å². The molecule has 0 bridgehead atoms. The van der Waals surface area contributed by atoms with Gasteiger partial charge >= 0.3 is 15.6 Å². The van der Waals surface area contributed by atoms with Crippen LogP contribution in [0.2, 0.25) is 0 Å². The Labute approximate surface area is 160 Å².